The smallest absolute Gasteiger partial charge is 0.343 e. The lowest BCUT2D eigenvalue weighted by Gasteiger charge is -2.24. The number of aromatic nitrogens is 1. The largest absolute Gasteiger partial charge is 0.490 e. The Balaban J connectivity index is 1.27. The van der Waals surface area contributed by atoms with E-state index in [1.165, 1.54) is 16.9 Å². The molecule has 1 aliphatic heterocycles. The Kier molecular flexibility index (Phi) is 9.22. The first kappa shape index (κ1) is 31.8. The molecule has 0 N–H and O–H groups in total. The van der Waals surface area contributed by atoms with Gasteiger partial charge in [0.05, 0.1) is 21.8 Å². The van der Waals surface area contributed by atoms with Gasteiger partial charge in [0.2, 0.25) is 0 Å². The molecule has 1 aromatic heterocycles. The van der Waals surface area contributed by atoms with Crippen LogP contribution in [0.4, 0.5) is 0 Å². The number of rotatable bonds is 9. The lowest BCUT2D eigenvalue weighted by atomic mass is 9.87. The quantitative estimate of drug-likeness (QED) is 0.103. The Bertz CT molecular complexity index is 2090. The van der Waals surface area contributed by atoms with Gasteiger partial charge in [-0.25, -0.2) is 9.79 Å². The van der Waals surface area contributed by atoms with Crippen LogP contribution < -0.4 is 29.1 Å². The van der Waals surface area contributed by atoms with Crippen molar-refractivity contribution in [1.29, 1.82) is 0 Å². The van der Waals surface area contributed by atoms with E-state index in [1.54, 1.807) is 35.8 Å². The first-order valence-electron chi connectivity index (χ1n) is 15.5. The number of ether oxygens (including phenoxy) is 3. The number of carbonyl (C=O) groups is 1. The molecule has 7 nitrogen and oxygen atoms in total. The van der Waals surface area contributed by atoms with Crippen LogP contribution in [0.2, 0.25) is 0 Å². The van der Waals surface area contributed by atoms with E-state index < -0.39 is 12.0 Å². The predicted molar refractivity (Wildman–Crippen MR) is 185 cm³/mol. The van der Waals surface area contributed by atoms with Crippen LogP contribution in [0.15, 0.2) is 130 Å². The molecule has 47 heavy (non-hydrogen) atoms. The Morgan fingerprint density at radius 2 is 1.47 bits per heavy atom. The van der Waals surface area contributed by atoms with Gasteiger partial charge in [0.1, 0.15) is 30.5 Å². The maximum absolute atomic E-state index is 14.1. The Morgan fingerprint density at radius 3 is 2.17 bits per heavy atom. The van der Waals surface area contributed by atoms with Gasteiger partial charge < -0.3 is 14.2 Å². The lowest BCUT2D eigenvalue weighted by Crippen LogP contribution is -2.40. The number of hydrogen-bond acceptors (Lipinski definition) is 7. The predicted octanol–water partition coefficient (Wildman–Crippen LogP) is 6.60. The van der Waals surface area contributed by atoms with Gasteiger partial charge in [0.15, 0.2) is 4.80 Å². The number of carbonyl (C=O) groups excluding carboxylic acids is 1. The van der Waals surface area contributed by atoms with E-state index in [1.807, 2.05) is 78.9 Å². The maximum atomic E-state index is 14.1. The highest BCUT2D eigenvalue weighted by atomic mass is 32.1. The SMILES string of the molecule is CC1=C(C(=O)Oc2ccccc2)[C@H](c2ccccc2)n2c(s/c(=C\c3ccccc3OCCOc3ccc(C(C)(C)C)cc3)c2=O)=N1. The van der Waals surface area contributed by atoms with E-state index in [2.05, 4.69) is 32.9 Å². The standard InChI is InChI=1S/C39H36N2O5S/c1-26-34(37(43)46-31-16-9-6-10-17-31)35(27-13-7-5-8-14-27)41-36(42)33(47-38(41)40-26)25-28-15-11-12-18-32(28)45-24-23-44-30-21-19-29(20-22-30)39(2,3)4/h5-22,25,35H,23-24H2,1-4H3/b33-25-/t35-/m0/s1. The van der Waals surface area contributed by atoms with E-state index in [9.17, 15) is 9.59 Å². The van der Waals surface area contributed by atoms with Crippen molar-refractivity contribution < 1.29 is 19.0 Å². The molecule has 4 aromatic carbocycles. The molecule has 1 atom stereocenters. The molecular weight excluding hydrogens is 609 g/mol. The first-order valence-corrected chi connectivity index (χ1v) is 16.3. The second kappa shape index (κ2) is 13.6. The molecule has 0 amide bonds. The van der Waals surface area contributed by atoms with Crippen molar-refractivity contribution >= 4 is 23.4 Å². The fourth-order valence-electron chi connectivity index (χ4n) is 5.42. The molecule has 0 spiro atoms. The molecule has 6 rings (SSSR count). The van der Waals surface area contributed by atoms with Crippen LogP contribution in [0.5, 0.6) is 17.2 Å². The van der Waals surface area contributed by atoms with Crippen LogP contribution >= 0.6 is 11.3 Å². The summed E-state index contributed by atoms with van der Waals surface area (Å²) in [5.41, 5.74) is 3.43. The zero-order valence-electron chi connectivity index (χ0n) is 26.8. The third-order valence-corrected chi connectivity index (χ3v) is 8.83. The number of benzene rings is 4. The van der Waals surface area contributed by atoms with Crippen LogP contribution in [-0.4, -0.2) is 23.8 Å². The average molecular weight is 645 g/mol. The molecule has 238 valence electrons. The molecule has 0 saturated carbocycles. The van der Waals surface area contributed by atoms with Crippen molar-refractivity contribution in [3.63, 3.8) is 0 Å². The van der Waals surface area contributed by atoms with Gasteiger partial charge in [-0.15, -0.1) is 0 Å². The second-order valence-corrected chi connectivity index (χ2v) is 13.2. The summed E-state index contributed by atoms with van der Waals surface area (Å²) < 4.78 is 19.8. The van der Waals surface area contributed by atoms with Crippen LogP contribution in [0.1, 0.15) is 50.4 Å². The van der Waals surface area contributed by atoms with Gasteiger partial charge in [-0.05, 0) is 59.9 Å². The molecular formula is C39H36N2O5S. The highest BCUT2D eigenvalue weighted by Gasteiger charge is 2.33. The minimum absolute atomic E-state index is 0.0779. The number of hydrogen-bond donors (Lipinski definition) is 0. The molecule has 0 radical (unpaired) electrons. The summed E-state index contributed by atoms with van der Waals surface area (Å²) in [6.07, 6.45) is 1.81. The Labute approximate surface area is 277 Å². The van der Waals surface area contributed by atoms with Crippen molar-refractivity contribution in [3.8, 4) is 17.2 Å². The zero-order chi connectivity index (χ0) is 33.0. The molecule has 2 heterocycles. The number of nitrogens with zero attached hydrogens (tertiary/aromatic N) is 2. The number of allylic oxidation sites excluding steroid dienone is 1. The lowest BCUT2D eigenvalue weighted by molar-refractivity contribution is -0.130. The van der Waals surface area contributed by atoms with Crippen LogP contribution in [0.25, 0.3) is 6.08 Å². The highest BCUT2D eigenvalue weighted by molar-refractivity contribution is 7.07. The molecule has 1 aliphatic rings. The Hall–Kier alpha value is -5.21. The van der Waals surface area contributed by atoms with Crippen LogP contribution in [0.3, 0.4) is 0 Å². The average Bonchev–Trinajstić information content (AvgIpc) is 3.37. The van der Waals surface area contributed by atoms with Crippen molar-refractivity contribution in [2.24, 2.45) is 4.99 Å². The normalized spacial score (nSPS) is 14.7. The molecule has 5 aromatic rings. The monoisotopic (exact) mass is 644 g/mol. The van der Waals surface area contributed by atoms with Gasteiger partial charge in [-0.2, -0.15) is 0 Å². The van der Waals surface area contributed by atoms with Crippen LogP contribution in [0, 0.1) is 0 Å². The molecule has 0 aliphatic carbocycles. The number of esters is 1. The van der Waals surface area contributed by atoms with E-state index >= 15 is 0 Å². The van der Waals surface area contributed by atoms with E-state index in [0.717, 1.165) is 16.9 Å². The van der Waals surface area contributed by atoms with Crippen molar-refractivity contribution in [3.05, 3.63) is 157 Å². The third kappa shape index (κ3) is 7.13. The summed E-state index contributed by atoms with van der Waals surface area (Å²) in [6, 6.07) is 33.4. The summed E-state index contributed by atoms with van der Waals surface area (Å²) in [7, 11) is 0. The van der Waals surface area contributed by atoms with Gasteiger partial charge in [0.25, 0.3) is 5.56 Å². The fraction of sp³-hybridized carbons (Fsp3) is 0.205. The molecule has 0 bridgehead atoms. The topological polar surface area (TPSA) is 79.1 Å². The third-order valence-electron chi connectivity index (χ3n) is 7.85. The minimum Gasteiger partial charge on any atom is -0.490 e. The first-order chi connectivity index (χ1) is 22.7. The van der Waals surface area contributed by atoms with Crippen LogP contribution in [-0.2, 0) is 10.2 Å². The summed E-state index contributed by atoms with van der Waals surface area (Å²) in [5.74, 6) is 1.29. The minimum atomic E-state index is -0.702. The summed E-state index contributed by atoms with van der Waals surface area (Å²) in [6.45, 7) is 9.01. The molecule has 0 unspecified atom stereocenters. The van der Waals surface area contributed by atoms with Gasteiger partial charge in [-0.1, -0.05) is 111 Å². The van der Waals surface area contributed by atoms with Crippen molar-refractivity contribution in [1.82, 2.24) is 4.57 Å². The Morgan fingerprint density at radius 1 is 0.830 bits per heavy atom. The fourth-order valence-corrected chi connectivity index (χ4v) is 6.46. The zero-order valence-corrected chi connectivity index (χ0v) is 27.6. The number of fused-ring (bicyclic) bond motifs is 1. The van der Waals surface area contributed by atoms with Gasteiger partial charge in [0, 0.05) is 5.56 Å². The highest BCUT2D eigenvalue weighted by Crippen LogP contribution is 2.31. The molecule has 0 saturated heterocycles. The number of thiazole rings is 1. The van der Waals surface area contributed by atoms with Crippen molar-refractivity contribution in [2.75, 3.05) is 13.2 Å². The molecule has 0 fully saturated rings. The summed E-state index contributed by atoms with van der Waals surface area (Å²) in [4.78, 5) is 32.9. The molecule has 8 heteroatoms. The van der Waals surface area contributed by atoms with E-state index in [-0.39, 0.29) is 11.0 Å². The van der Waals surface area contributed by atoms with Crippen molar-refractivity contribution in [2.45, 2.75) is 39.2 Å². The van der Waals surface area contributed by atoms with E-state index in [0.29, 0.717) is 45.3 Å². The van der Waals surface area contributed by atoms with E-state index in [4.69, 9.17) is 19.2 Å². The maximum Gasteiger partial charge on any atom is 0.343 e. The van der Waals surface area contributed by atoms with Gasteiger partial charge >= 0.3 is 5.97 Å². The summed E-state index contributed by atoms with van der Waals surface area (Å²) >= 11 is 1.28. The summed E-state index contributed by atoms with van der Waals surface area (Å²) in [5, 5.41) is 0. The van der Waals surface area contributed by atoms with Gasteiger partial charge in [-0.3, -0.25) is 9.36 Å². The second-order valence-electron chi connectivity index (χ2n) is 12.2. The number of para-hydroxylation sites is 2.